The highest BCUT2D eigenvalue weighted by atomic mass is 79.9. The van der Waals surface area contributed by atoms with Crippen LogP contribution in [0, 0.1) is 5.92 Å². The summed E-state index contributed by atoms with van der Waals surface area (Å²) in [6, 6.07) is 0. The molecule has 0 aliphatic carbocycles. The van der Waals surface area contributed by atoms with Gasteiger partial charge in [0.15, 0.2) is 0 Å². The molecule has 1 aliphatic rings. The van der Waals surface area contributed by atoms with Gasteiger partial charge in [0.25, 0.3) is 0 Å². The van der Waals surface area contributed by atoms with Crippen LogP contribution < -0.4 is 0 Å². The fourth-order valence-corrected chi connectivity index (χ4v) is 1.79. The van der Waals surface area contributed by atoms with Crippen LogP contribution in [0.5, 0.6) is 0 Å². The fraction of sp³-hybridized carbons (Fsp3) is 0.778. The van der Waals surface area contributed by atoms with Gasteiger partial charge in [-0.1, -0.05) is 21.1 Å². The molecule has 0 aromatic carbocycles. The van der Waals surface area contributed by atoms with Crippen molar-refractivity contribution in [1.82, 2.24) is 15.0 Å². The number of hydrogen-bond donors (Lipinski definition) is 0. The van der Waals surface area contributed by atoms with Gasteiger partial charge >= 0.3 is 0 Å². The van der Waals surface area contributed by atoms with E-state index in [0.717, 1.165) is 31.9 Å². The molecule has 1 fully saturated rings. The zero-order chi connectivity index (χ0) is 9.97. The molecule has 1 saturated heterocycles. The highest BCUT2D eigenvalue weighted by molar-refractivity contribution is 9.09. The van der Waals surface area contributed by atoms with E-state index >= 15 is 0 Å². The van der Waals surface area contributed by atoms with E-state index in [4.69, 9.17) is 4.74 Å². The Bertz CT molecular complexity index is 294. The first-order chi connectivity index (χ1) is 6.75. The van der Waals surface area contributed by atoms with E-state index in [0.29, 0.717) is 5.92 Å². The summed E-state index contributed by atoms with van der Waals surface area (Å²) in [7, 11) is 0. The predicted molar refractivity (Wildman–Crippen MR) is 56.3 cm³/mol. The Labute approximate surface area is 91.8 Å². The lowest BCUT2D eigenvalue weighted by Gasteiger charge is -2.05. The van der Waals surface area contributed by atoms with Crippen molar-refractivity contribution in [3.63, 3.8) is 0 Å². The second kappa shape index (κ2) is 4.40. The van der Waals surface area contributed by atoms with E-state index in [1.165, 1.54) is 0 Å². The van der Waals surface area contributed by atoms with E-state index in [2.05, 4.69) is 26.2 Å². The highest BCUT2D eigenvalue weighted by Crippen LogP contribution is 2.19. The van der Waals surface area contributed by atoms with Crippen molar-refractivity contribution < 1.29 is 4.74 Å². The van der Waals surface area contributed by atoms with Crippen LogP contribution >= 0.6 is 15.9 Å². The standard InChI is InChI=1S/C9H14BrN3O/c1-7(10)9-5-13(12-11-9)4-8-2-3-14-6-8/h5,7-8H,2-4,6H2,1H3. The summed E-state index contributed by atoms with van der Waals surface area (Å²) in [5, 5.41) is 8.17. The molecule has 5 heteroatoms. The summed E-state index contributed by atoms with van der Waals surface area (Å²) >= 11 is 3.47. The smallest absolute Gasteiger partial charge is 0.0960 e. The molecule has 0 spiro atoms. The first-order valence-corrected chi connectivity index (χ1v) is 5.79. The van der Waals surface area contributed by atoms with Crippen molar-refractivity contribution in [3.05, 3.63) is 11.9 Å². The molecule has 4 nitrogen and oxygen atoms in total. The summed E-state index contributed by atoms with van der Waals surface area (Å²) in [4.78, 5) is 0.274. The molecular formula is C9H14BrN3O. The molecule has 1 aliphatic heterocycles. The van der Waals surface area contributed by atoms with Gasteiger partial charge in [-0.05, 0) is 13.3 Å². The van der Waals surface area contributed by atoms with Crippen LogP contribution in [-0.4, -0.2) is 28.2 Å². The monoisotopic (exact) mass is 259 g/mol. The molecule has 14 heavy (non-hydrogen) atoms. The number of hydrogen-bond acceptors (Lipinski definition) is 3. The van der Waals surface area contributed by atoms with E-state index in [-0.39, 0.29) is 4.83 Å². The van der Waals surface area contributed by atoms with Crippen molar-refractivity contribution in [3.8, 4) is 0 Å². The largest absolute Gasteiger partial charge is 0.381 e. The number of nitrogens with zero attached hydrogens (tertiary/aromatic N) is 3. The SMILES string of the molecule is CC(Br)c1cn(CC2CCOC2)nn1. The number of alkyl halides is 1. The van der Waals surface area contributed by atoms with Crippen LogP contribution in [0.25, 0.3) is 0 Å². The van der Waals surface area contributed by atoms with Gasteiger partial charge in [0, 0.05) is 25.3 Å². The molecule has 0 radical (unpaired) electrons. The summed E-state index contributed by atoms with van der Waals surface area (Å²) in [6.45, 7) is 4.72. The minimum absolute atomic E-state index is 0.274. The Morgan fingerprint density at radius 1 is 1.79 bits per heavy atom. The predicted octanol–water partition coefficient (Wildman–Crippen LogP) is 1.77. The van der Waals surface area contributed by atoms with Crippen LogP contribution in [0.3, 0.4) is 0 Å². The lowest BCUT2D eigenvalue weighted by Crippen LogP contribution is -2.11. The van der Waals surface area contributed by atoms with E-state index in [9.17, 15) is 0 Å². The van der Waals surface area contributed by atoms with Gasteiger partial charge in [0.05, 0.1) is 17.1 Å². The maximum Gasteiger partial charge on any atom is 0.0960 e. The van der Waals surface area contributed by atoms with Gasteiger partial charge in [-0.3, -0.25) is 4.68 Å². The van der Waals surface area contributed by atoms with Crippen molar-refractivity contribution in [1.29, 1.82) is 0 Å². The average molecular weight is 260 g/mol. The number of halogens is 1. The molecule has 0 bridgehead atoms. The van der Waals surface area contributed by atoms with Crippen LogP contribution in [0.2, 0.25) is 0 Å². The third kappa shape index (κ3) is 2.33. The van der Waals surface area contributed by atoms with E-state index in [1.807, 2.05) is 17.8 Å². The molecule has 0 N–H and O–H groups in total. The van der Waals surface area contributed by atoms with Crippen molar-refractivity contribution in [2.24, 2.45) is 5.92 Å². The molecule has 2 unspecified atom stereocenters. The quantitative estimate of drug-likeness (QED) is 0.777. The van der Waals surface area contributed by atoms with Crippen molar-refractivity contribution in [2.75, 3.05) is 13.2 Å². The lowest BCUT2D eigenvalue weighted by atomic mass is 10.1. The minimum Gasteiger partial charge on any atom is -0.381 e. The van der Waals surface area contributed by atoms with Gasteiger partial charge in [0.2, 0.25) is 0 Å². The average Bonchev–Trinajstić information content (AvgIpc) is 2.75. The Morgan fingerprint density at radius 3 is 3.21 bits per heavy atom. The molecule has 2 atom stereocenters. The van der Waals surface area contributed by atoms with E-state index < -0.39 is 0 Å². The maximum absolute atomic E-state index is 5.31. The Hall–Kier alpha value is -0.420. The Balaban J connectivity index is 1.95. The summed E-state index contributed by atoms with van der Waals surface area (Å²) in [5.41, 5.74) is 0.990. The Kier molecular flexibility index (Phi) is 3.18. The van der Waals surface area contributed by atoms with Gasteiger partial charge in [-0.2, -0.15) is 0 Å². The first kappa shape index (κ1) is 10.1. The number of aromatic nitrogens is 3. The number of ether oxygens (including phenoxy) is 1. The van der Waals surface area contributed by atoms with Gasteiger partial charge in [-0.25, -0.2) is 0 Å². The highest BCUT2D eigenvalue weighted by Gasteiger charge is 2.17. The third-order valence-electron chi connectivity index (χ3n) is 2.43. The van der Waals surface area contributed by atoms with Gasteiger partial charge in [-0.15, -0.1) is 5.10 Å². The summed E-state index contributed by atoms with van der Waals surface area (Å²) < 4.78 is 7.22. The normalized spacial score (nSPS) is 24.0. The maximum atomic E-state index is 5.31. The van der Waals surface area contributed by atoms with Crippen LogP contribution in [-0.2, 0) is 11.3 Å². The molecule has 1 aromatic heterocycles. The van der Waals surface area contributed by atoms with Crippen LogP contribution in [0.15, 0.2) is 6.20 Å². The minimum atomic E-state index is 0.274. The molecular weight excluding hydrogens is 246 g/mol. The van der Waals surface area contributed by atoms with Crippen molar-refractivity contribution in [2.45, 2.75) is 24.7 Å². The zero-order valence-corrected chi connectivity index (χ0v) is 9.77. The number of rotatable bonds is 3. The zero-order valence-electron chi connectivity index (χ0n) is 8.19. The van der Waals surface area contributed by atoms with Crippen molar-refractivity contribution >= 4 is 15.9 Å². The molecule has 0 amide bonds. The lowest BCUT2D eigenvalue weighted by molar-refractivity contribution is 0.181. The van der Waals surface area contributed by atoms with Crippen LogP contribution in [0.1, 0.15) is 23.9 Å². The molecule has 1 aromatic rings. The molecule has 78 valence electrons. The van der Waals surface area contributed by atoms with Gasteiger partial charge in [0.1, 0.15) is 0 Å². The van der Waals surface area contributed by atoms with Gasteiger partial charge < -0.3 is 4.74 Å². The van der Waals surface area contributed by atoms with Crippen LogP contribution in [0.4, 0.5) is 0 Å². The Morgan fingerprint density at radius 2 is 2.64 bits per heavy atom. The molecule has 2 rings (SSSR count). The summed E-state index contributed by atoms with van der Waals surface area (Å²) in [5.74, 6) is 0.607. The molecule has 2 heterocycles. The topological polar surface area (TPSA) is 39.9 Å². The summed E-state index contributed by atoms with van der Waals surface area (Å²) in [6.07, 6.45) is 3.14. The molecule has 0 saturated carbocycles. The second-order valence-corrected chi connectivity index (χ2v) is 5.08. The van der Waals surface area contributed by atoms with E-state index in [1.54, 1.807) is 0 Å². The first-order valence-electron chi connectivity index (χ1n) is 4.87. The third-order valence-corrected chi connectivity index (χ3v) is 2.90. The fourth-order valence-electron chi connectivity index (χ4n) is 1.58. The second-order valence-electron chi connectivity index (χ2n) is 3.71.